The van der Waals surface area contributed by atoms with E-state index in [1.165, 1.54) is 5.69 Å². The van der Waals surface area contributed by atoms with Crippen molar-refractivity contribution in [1.82, 2.24) is 14.4 Å². The SMILES string of the molecule is CCN(CCCN(C)C)CC(=O)c1cc(C)n(CC)c1C. The monoisotopic (exact) mass is 293 g/mol. The Balaban J connectivity index is 2.66. The van der Waals surface area contributed by atoms with E-state index in [0.717, 1.165) is 43.9 Å². The molecular formula is C17H31N3O. The molecule has 4 nitrogen and oxygen atoms in total. The summed E-state index contributed by atoms with van der Waals surface area (Å²) in [4.78, 5) is 17.0. The van der Waals surface area contributed by atoms with E-state index in [2.05, 4.69) is 49.2 Å². The van der Waals surface area contributed by atoms with Crippen molar-refractivity contribution in [2.75, 3.05) is 40.3 Å². The molecule has 1 rings (SSSR count). The van der Waals surface area contributed by atoms with Crippen molar-refractivity contribution < 1.29 is 4.79 Å². The number of hydrogen-bond donors (Lipinski definition) is 0. The van der Waals surface area contributed by atoms with E-state index in [9.17, 15) is 4.79 Å². The fourth-order valence-electron chi connectivity index (χ4n) is 2.82. The number of carbonyl (C=O) groups is 1. The normalized spacial score (nSPS) is 11.6. The second kappa shape index (κ2) is 8.35. The minimum absolute atomic E-state index is 0.245. The number of likely N-dealkylation sites (N-methyl/N-ethyl adjacent to an activating group) is 1. The molecule has 4 heteroatoms. The van der Waals surface area contributed by atoms with E-state index in [4.69, 9.17) is 0 Å². The molecule has 0 saturated carbocycles. The van der Waals surface area contributed by atoms with Crippen LogP contribution in [0.5, 0.6) is 0 Å². The molecule has 0 fully saturated rings. The summed E-state index contributed by atoms with van der Waals surface area (Å²) in [5, 5.41) is 0. The van der Waals surface area contributed by atoms with Crippen LogP contribution >= 0.6 is 0 Å². The van der Waals surface area contributed by atoms with E-state index in [1.54, 1.807) is 0 Å². The quantitative estimate of drug-likeness (QED) is 0.655. The van der Waals surface area contributed by atoms with E-state index < -0.39 is 0 Å². The van der Waals surface area contributed by atoms with Gasteiger partial charge in [-0.1, -0.05) is 6.92 Å². The molecule has 0 saturated heterocycles. The number of aryl methyl sites for hydroxylation is 1. The van der Waals surface area contributed by atoms with Crippen molar-refractivity contribution in [3.8, 4) is 0 Å². The van der Waals surface area contributed by atoms with Crippen LogP contribution in [0.2, 0.25) is 0 Å². The number of rotatable bonds is 9. The molecule has 1 aromatic heterocycles. The van der Waals surface area contributed by atoms with Gasteiger partial charge in [0.2, 0.25) is 0 Å². The van der Waals surface area contributed by atoms with Crippen LogP contribution in [0, 0.1) is 13.8 Å². The maximum atomic E-state index is 12.5. The molecule has 0 radical (unpaired) electrons. The van der Waals surface area contributed by atoms with Crippen LogP contribution < -0.4 is 0 Å². The lowest BCUT2D eigenvalue weighted by molar-refractivity contribution is 0.0931. The summed E-state index contributed by atoms with van der Waals surface area (Å²) in [6.07, 6.45) is 1.10. The number of nitrogens with zero attached hydrogens (tertiary/aromatic N) is 3. The molecular weight excluding hydrogens is 262 g/mol. The molecule has 0 atom stereocenters. The van der Waals surface area contributed by atoms with Gasteiger partial charge in [0.1, 0.15) is 0 Å². The zero-order valence-electron chi connectivity index (χ0n) is 14.6. The summed E-state index contributed by atoms with van der Waals surface area (Å²) in [7, 11) is 4.17. The van der Waals surface area contributed by atoms with Crippen LogP contribution in [0.3, 0.4) is 0 Å². The van der Waals surface area contributed by atoms with Crippen LogP contribution in [0.4, 0.5) is 0 Å². The summed E-state index contributed by atoms with van der Waals surface area (Å²) in [5.74, 6) is 0.245. The Morgan fingerprint density at radius 2 is 1.86 bits per heavy atom. The predicted molar refractivity (Wildman–Crippen MR) is 89.2 cm³/mol. The van der Waals surface area contributed by atoms with Gasteiger partial charge in [-0.15, -0.1) is 0 Å². The summed E-state index contributed by atoms with van der Waals surface area (Å²) in [6, 6.07) is 2.04. The van der Waals surface area contributed by atoms with Crippen molar-refractivity contribution in [3.63, 3.8) is 0 Å². The molecule has 1 heterocycles. The Kier molecular flexibility index (Phi) is 7.12. The maximum Gasteiger partial charge on any atom is 0.178 e. The van der Waals surface area contributed by atoms with Crippen LogP contribution in [0.15, 0.2) is 6.07 Å². The molecule has 0 spiro atoms. The zero-order valence-corrected chi connectivity index (χ0v) is 14.6. The second-order valence-corrected chi connectivity index (χ2v) is 5.98. The smallest absolute Gasteiger partial charge is 0.178 e. The lowest BCUT2D eigenvalue weighted by Gasteiger charge is -2.20. The largest absolute Gasteiger partial charge is 0.349 e. The van der Waals surface area contributed by atoms with E-state index in [1.807, 2.05) is 13.0 Å². The van der Waals surface area contributed by atoms with Crippen molar-refractivity contribution >= 4 is 5.78 Å². The number of hydrogen-bond acceptors (Lipinski definition) is 3. The Morgan fingerprint density at radius 1 is 1.19 bits per heavy atom. The van der Waals surface area contributed by atoms with E-state index in [0.29, 0.717) is 6.54 Å². The molecule has 0 N–H and O–H groups in total. The Labute approximate surface area is 129 Å². The maximum absolute atomic E-state index is 12.5. The van der Waals surface area contributed by atoms with Gasteiger partial charge in [0, 0.05) is 23.5 Å². The Bertz CT molecular complexity index is 463. The average molecular weight is 293 g/mol. The van der Waals surface area contributed by atoms with Gasteiger partial charge < -0.3 is 9.47 Å². The fraction of sp³-hybridized carbons (Fsp3) is 0.706. The summed E-state index contributed by atoms with van der Waals surface area (Å²) >= 11 is 0. The summed E-state index contributed by atoms with van der Waals surface area (Å²) in [5.41, 5.74) is 3.17. The minimum atomic E-state index is 0.245. The number of aromatic nitrogens is 1. The Morgan fingerprint density at radius 3 is 2.33 bits per heavy atom. The molecule has 0 unspecified atom stereocenters. The van der Waals surface area contributed by atoms with Crippen LogP contribution in [-0.2, 0) is 6.54 Å². The van der Waals surface area contributed by atoms with Crippen molar-refractivity contribution in [2.45, 2.75) is 40.7 Å². The van der Waals surface area contributed by atoms with Crippen molar-refractivity contribution in [1.29, 1.82) is 0 Å². The standard InChI is InChI=1S/C17H31N3O/c1-7-19(11-9-10-18(5)6)13-17(21)16-12-14(3)20(8-2)15(16)4/h12H,7-11,13H2,1-6H3. The van der Waals surface area contributed by atoms with Crippen LogP contribution in [-0.4, -0.2) is 60.4 Å². The highest BCUT2D eigenvalue weighted by atomic mass is 16.1. The highest BCUT2D eigenvalue weighted by Gasteiger charge is 2.17. The van der Waals surface area contributed by atoms with Crippen LogP contribution in [0.25, 0.3) is 0 Å². The van der Waals surface area contributed by atoms with Gasteiger partial charge in [-0.2, -0.15) is 0 Å². The molecule has 0 aliphatic rings. The topological polar surface area (TPSA) is 28.5 Å². The molecule has 0 amide bonds. The molecule has 0 bridgehead atoms. The first-order valence-corrected chi connectivity index (χ1v) is 7.97. The third-order valence-corrected chi connectivity index (χ3v) is 4.08. The van der Waals surface area contributed by atoms with Gasteiger partial charge in [-0.05, 0) is 67.0 Å². The van der Waals surface area contributed by atoms with Gasteiger partial charge in [-0.25, -0.2) is 0 Å². The number of Topliss-reactive ketones (excluding diaryl/α,β-unsaturated/α-hetero) is 1. The van der Waals surface area contributed by atoms with Gasteiger partial charge in [-0.3, -0.25) is 9.69 Å². The molecule has 0 aliphatic heterocycles. The second-order valence-electron chi connectivity index (χ2n) is 5.98. The van der Waals surface area contributed by atoms with Gasteiger partial charge in [0.15, 0.2) is 5.78 Å². The van der Waals surface area contributed by atoms with E-state index >= 15 is 0 Å². The molecule has 0 aliphatic carbocycles. The lowest BCUT2D eigenvalue weighted by Crippen LogP contribution is -2.32. The highest BCUT2D eigenvalue weighted by Crippen LogP contribution is 2.16. The number of carbonyl (C=O) groups excluding carboxylic acids is 1. The lowest BCUT2D eigenvalue weighted by atomic mass is 10.1. The van der Waals surface area contributed by atoms with E-state index in [-0.39, 0.29) is 5.78 Å². The number of ketones is 1. The molecule has 120 valence electrons. The van der Waals surface area contributed by atoms with Gasteiger partial charge in [0.25, 0.3) is 0 Å². The fourth-order valence-corrected chi connectivity index (χ4v) is 2.82. The predicted octanol–water partition coefficient (Wildman–Crippen LogP) is 2.58. The summed E-state index contributed by atoms with van der Waals surface area (Å²) in [6.45, 7) is 12.8. The summed E-state index contributed by atoms with van der Waals surface area (Å²) < 4.78 is 2.20. The first-order valence-electron chi connectivity index (χ1n) is 7.97. The third-order valence-electron chi connectivity index (χ3n) is 4.08. The third kappa shape index (κ3) is 4.97. The van der Waals surface area contributed by atoms with Crippen molar-refractivity contribution in [3.05, 3.63) is 23.0 Å². The van der Waals surface area contributed by atoms with Gasteiger partial charge >= 0.3 is 0 Å². The first kappa shape index (κ1) is 17.9. The Hall–Kier alpha value is -1.13. The zero-order chi connectivity index (χ0) is 16.0. The van der Waals surface area contributed by atoms with Gasteiger partial charge in [0.05, 0.1) is 6.54 Å². The molecule has 0 aromatic carbocycles. The first-order chi connectivity index (χ1) is 9.90. The highest BCUT2D eigenvalue weighted by molar-refractivity contribution is 5.99. The molecule has 21 heavy (non-hydrogen) atoms. The van der Waals surface area contributed by atoms with Crippen LogP contribution in [0.1, 0.15) is 42.0 Å². The molecule has 1 aromatic rings. The minimum Gasteiger partial charge on any atom is -0.349 e. The average Bonchev–Trinajstić information content (AvgIpc) is 2.71. The van der Waals surface area contributed by atoms with Crippen molar-refractivity contribution in [2.24, 2.45) is 0 Å².